The molecule has 0 aromatic carbocycles. The second-order valence-corrected chi connectivity index (χ2v) is 16.8. The van der Waals surface area contributed by atoms with E-state index in [4.69, 9.17) is 9.05 Å². The van der Waals surface area contributed by atoms with Gasteiger partial charge in [0.1, 0.15) is 13.2 Å². The van der Waals surface area contributed by atoms with E-state index in [0.29, 0.717) is 17.4 Å². The van der Waals surface area contributed by atoms with Crippen molar-refractivity contribution in [2.75, 3.05) is 40.9 Å². The Labute approximate surface area is 315 Å². The van der Waals surface area contributed by atoms with Crippen LogP contribution in [0.1, 0.15) is 174 Å². The van der Waals surface area contributed by atoms with Crippen molar-refractivity contribution >= 4 is 13.7 Å². The molecule has 9 heteroatoms. The first-order chi connectivity index (χ1) is 24.5. The van der Waals surface area contributed by atoms with Gasteiger partial charge in [0, 0.05) is 6.42 Å². The molecular formula is C42H82N2O6P+. The fourth-order valence-corrected chi connectivity index (χ4v) is 6.43. The number of carbonyl (C=O) groups is 1. The minimum atomic E-state index is -4.34. The number of hydrogen-bond donors (Lipinski definition) is 3. The van der Waals surface area contributed by atoms with Crippen molar-refractivity contribution in [3.05, 3.63) is 36.5 Å². The zero-order chi connectivity index (χ0) is 37.9. The van der Waals surface area contributed by atoms with Crippen molar-refractivity contribution in [2.24, 2.45) is 0 Å². The van der Waals surface area contributed by atoms with Gasteiger partial charge in [-0.05, 0) is 57.8 Å². The predicted octanol–water partition coefficient (Wildman–Crippen LogP) is 11.1. The first-order valence-corrected chi connectivity index (χ1v) is 22.4. The second kappa shape index (κ2) is 34.5. The number of aliphatic hydroxyl groups is 1. The minimum absolute atomic E-state index is 0.0551. The maximum atomic E-state index is 12.8. The molecule has 0 aliphatic carbocycles. The number of aliphatic hydroxyl groups excluding tert-OH is 1. The fourth-order valence-electron chi connectivity index (χ4n) is 5.70. The van der Waals surface area contributed by atoms with Crippen LogP contribution >= 0.6 is 7.82 Å². The van der Waals surface area contributed by atoms with E-state index < -0.39 is 20.0 Å². The van der Waals surface area contributed by atoms with E-state index in [2.05, 4.69) is 43.5 Å². The molecule has 51 heavy (non-hydrogen) atoms. The molecular weight excluding hydrogens is 659 g/mol. The van der Waals surface area contributed by atoms with E-state index in [9.17, 15) is 19.4 Å². The molecule has 1 unspecified atom stereocenters. The van der Waals surface area contributed by atoms with Crippen LogP contribution in [-0.4, -0.2) is 73.4 Å². The van der Waals surface area contributed by atoms with Gasteiger partial charge in [-0.3, -0.25) is 13.8 Å². The first kappa shape index (κ1) is 49.7. The van der Waals surface area contributed by atoms with E-state index in [1.54, 1.807) is 6.08 Å². The Balaban J connectivity index is 4.49. The summed E-state index contributed by atoms with van der Waals surface area (Å²) in [6, 6.07) is -0.862. The number of phosphoric acid groups is 1. The van der Waals surface area contributed by atoms with Crippen molar-refractivity contribution < 1.29 is 32.9 Å². The molecule has 0 bridgehead atoms. The summed E-state index contributed by atoms with van der Waals surface area (Å²) in [7, 11) is 1.55. The van der Waals surface area contributed by atoms with Gasteiger partial charge in [0.05, 0.1) is 39.9 Å². The van der Waals surface area contributed by atoms with Gasteiger partial charge in [-0.15, -0.1) is 0 Å². The van der Waals surface area contributed by atoms with E-state index in [-0.39, 0.29) is 19.1 Å². The van der Waals surface area contributed by atoms with Crippen LogP contribution in [0, 0.1) is 0 Å². The molecule has 0 saturated heterocycles. The maximum absolute atomic E-state index is 12.8. The highest BCUT2D eigenvalue weighted by Gasteiger charge is 2.27. The number of unbranched alkanes of at least 4 members (excludes halogenated alkanes) is 20. The molecule has 0 radical (unpaired) electrons. The van der Waals surface area contributed by atoms with Crippen LogP contribution in [0.25, 0.3) is 0 Å². The molecule has 0 spiro atoms. The van der Waals surface area contributed by atoms with Gasteiger partial charge in [0.2, 0.25) is 5.91 Å². The molecule has 3 atom stereocenters. The second-order valence-electron chi connectivity index (χ2n) is 15.4. The van der Waals surface area contributed by atoms with E-state index in [1.165, 1.54) is 116 Å². The Hall–Kier alpha value is -1.28. The van der Waals surface area contributed by atoms with Gasteiger partial charge < -0.3 is 19.8 Å². The summed E-state index contributed by atoms with van der Waals surface area (Å²) in [5, 5.41) is 13.7. The largest absolute Gasteiger partial charge is 0.472 e. The van der Waals surface area contributed by atoms with Crippen molar-refractivity contribution in [2.45, 2.75) is 187 Å². The molecule has 0 fully saturated rings. The number of rotatable bonds is 37. The zero-order valence-electron chi connectivity index (χ0n) is 33.8. The third-order valence-corrected chi connectivity index (χ3v) is 10.1. The lowest BCUT2D eigenvalue weighted by Gasteiger charge is -2.25. The number of allylic oxidation sites excluding steroid dienone is 5. The fraction of sp³-hybridized carbons (Fsp3) is 0.833. The lowest BCUT2D eigenvalue weighted by molar-refractivity contribution is -0.870. The Bertz CT molecular complexity index is 933. The minimum Gasteiger partial charge on any atom is -0.387 e. The number of likely N-dealkylation sites (N-methyl/N-ethyl adjacent to an activating group) is 1. The highest BCUT2D eigenvalue weighted by molar-refractivity contribution is 7.47. The van der Waals surface area contributed by atoms with Gasteiger partial charge >= 0.3 is 7.82 Å². The summed E-state index contributed by atoms with van der Waals surface area (Å²) >= 11 is 0. The average Bonchev–Trinajstić information content (AvgIpc) is 3.07. The number of quaternary nitrogens is 1. The van der Waals surface area contributed by atoms with E-state index in [1.807, 2.05) is 27.2 Å². The molecule has 0 heterocycles. The van der Waals surface area contributed by atoms with Crippen molar-refractivity contribution in [1.29, 1.82) is 0 Å². The van der Waals surface area contributed by atoms with Crippen LogP contribution in [0.15, 0.2) is 36.5 Å². The average molecular weight is 742 g/mol. The monoisotopic (exact) mass is 742 g/mol. The van der Waals surface area contributed by atoms with Gasteiger partial charge in [-0.1, -0.05) is 147 Å². The third-order valence-electron chi connectivity index (χ3n) is 9.08. The standard InChI is InChI=1S/C42H81N2O6P/c1-6-8-10-12-14-16-18-20-21-22-23-24-26-28-30-32-34-36-42(46)43-40(39-50-51(47,48)49-38-37-44(3,4)5)41(45)35-33-31-29-27-25-19-17-15-13-11-9-7-2/h20-21,25,27,33,35,40-41,45H,6-19,22-24,26,28-32,34,36-39H2,1-5H3,(H-,43,46,47,48)/p+1/b21-20+,27-25+,35-33+/t40-,41+/m0/s1. The molecule has 0 rings (SSSR count). The number of phosphoric ester groups is 1. The number of hydrogen-bond acceptors (Lipinski definition) is 5. The Kier molecular flexibility index (Phi) is 33.6. The summed E-state index contributed by atoms with van der Waals surface area (Å²) in [6.45, 7) is 4.75. The molecule has 1 amide bonds. The lowest BCUT2D eigenvalue weighted by atomic mass is 10.1. The predicted molar refractivity (Wildman–Crippen MR) is 217 cm³/mol. The highest BCUT2D eigenvalue weighted by Crippen LogP contribution is 2.43. The number of nitrogens with zero attached hydrogens (tertiary/aromatic N) is 1. The van der Waals surface area contributed by atoms with Gasteiger partial charge in [0.25, 0.3) is 0 Å². The number of carbonyl (C=O) groups excluding carboxylic acids is 1. The van der Waals surface area contributed by atoms with Crippen molar-refractivity contribution in [3.63, 3.8) is 0 Å². The Morgan fingerprint density at radius 1 is 0.647 bits per heavy atom. The third kappa shape index (κ3) is 36.9. The molecule has 0 aromatic rings. The number of amides is 1. The molecule has 0 aromatic heterocycles. The smallest absolute Gasteiger partial charge is 0.387 e. The highest BCUT2D eigenvalue weighted by atomic mass is 31.2. The topological polar surface area (TPSA) is 105 Å². The van der Waals surface area contributed by atoms with Crippen molar-refractivity contribution in [3.8, 4) is 0 Å². The first-order valence-electron chi connectivity index (χ1n) is 20.9. The lowest BCUT2D eigenvalue weighted by Crippen LogP contribution is -2.45. The van der Waals surface area contributed by atoms with Gasteiger partial charge in [-0.25, -0.2) is 4.57 Å². The molecule has 300 valence electrons. The molecule has 3 N–H and O–H groups in total. The van der Waals surface area contributed by atoms with Gasteiger partial charge in [-0.2, -0.15) is 0 Å². The molecule has 0 aliphatic heterocycles. The van der Waals surface area contributed by atoms with Crippen LogP contribution in [0.4, 0.5) is 0 Å². The van der Waals surface area contributed by atoms with E-state index in [0.717, 1.165) is 38.5 Å². The Morgan fingerprint density at radius 2 is 1.08 bits per heavy atom. The van der Waals surface area contributed by atoms with Crippen LogP contribution in [0.2, 0.25) is 0 Å². The SMILES string of the molecule is CCCCCCCC/C=C/CC/C=C/[C@@H](O)[C@H](COP(=O)(O)OCC[N+](C)(C)C)NC(=O)CCCCCCCCC/C=C/CCCCCCCC. The normalized spacial score (nSPS) is 14.9. The van der Waals surface area contributed by atoms with Crippen LogP contribution in [0.5, 0.6) is 0 Å². The molecule has 0 saturated carbocycles. The summed E-state index contributed by atoms with van der Waals surface area (Å²) in [5.41, 5.74) is 0. The van der Waals surface area contributed by atoms with Crippen molar-refractivity contribution in [1.82, 2.24) is 5.32 Å². The van der Waals surface area contributed by atoms with Crippen LogP contribution in [0.3, 0.4) is 0 Å². The molecule has 0 aliphatic rings. The van der Waals surface area contributed by atoms with Gasteiger partial charge in [0.15, 0.2) is 0 Å². The maximum Gasteiger partial charge on any atom is 0.472 e. The molecule has 8 nitrogen and oxygen atoms in total. The number of nitrogens with one attached hydrogen (secondary N) is 1. The summed E-state index contributed by atoms with van der Waals surface area (Å²) in [4.78, 5) is 23.0. The van der Waals surface area contributed by atoms with Crippen LogP contribution < -0.4 is 5.32 Å². The summed E-state index contributed by atoms with van der Waals surface area (Å²) in [6.07, 6.45) is 40.7. The zero-order valence-corrected chi connectivity index (χ0v) is 34.7. The van der Waals surface area contributed by atoms with Crippen LogP contribution in [-0.2, 0) is 18.4 Å². The Morgan fingerprint density at radius 3 is 1.57 bits per heavy atom. The summed E-state index contributed by atoms with van der Waals surface area (Å²) in [5.74, 6) is -0.194. The quantitative estimate of drug-likeness (QED) is 0.0253. The summed E-state index contributed by atoms with van der Waals surface area (Å²) < 4.78 is 23.5. The van der Waals surface area contributed by atoms with E-state index >= 15 is 0 Å².